The summed E-state index contributed by atoms with van der Waals surface area (Å²) in [4.78, 5) is 0. The maximum atomic E-state index is 10.7. The molecule has 0 amide bonds. The monoisotopic (exact) mass is 182 g/mol. The predicted octanol–water partition coefficient (Wildman–Crippen LogP) is 3.12. The van der Waals surface area contributed by atoms with Crippen molar-refractivity contribution < 1.29 is 5.11 Å². The molecule has 1 N–H and O–H groups in total. The molecule has 2 aliphatic carbocycles. The van der Waals surface area contributed by atoms with E-state index < -0.39 is 0 Å². The Morgan fingerprint density at radius 2 is 1.69 bits per heavy atom. The third-order valence-electron chi connectivity index (χ3n) is 4.76. The van der Waals surface area contributed by atoms with Crippen molar-refractivity contribution >= 4 is 0 Å². The summed E-state index contributed by atoms with van der Waals surface area (Å²) in [6, 6.07) is 0. The largest absolute Gasteiger partial charge is 0.389 e. The van der Waals surface area contributed by atoms with Crippen LogP contribution in [0.4, 0.5) is 0 Å². The maximum Gasteiger partial charge on any atom is 0.0726 e. The number of aliphatic hydroxyl groups is 1. The molecule has 0 aromatic heterocycles. The van der Waals surface area contributed by atoms with E-state index in [-0.39, 0.29) is 11.0 Å². The highest BCUT2D eigenvalue weighted by atomic mass is 16.3. The molecule has 0 unspecified atom stereocenters. The number of hydrogen-bond acceptors (Lipinski definition) is 1. The molecule has 1 nitrogen and oxygen atoms in total. The van der Waals surface area contributed by atoms with E-state index >= 15 is 0 Å². The molecule has 3 atom stereocenters. The van der Waals surface area contributed by atoms with Gasteiger partial charge in [-0.3, -0.25) is 0 Å². The Kier molecular flexibility index (Phi) is 2.18. The van der Waals surface area contributed by atoms with Crippen molar-refractivity contribution in [1.29, 1.82) is 0 Å². The van der Waals surface area contributed by atoms with Crippen molar-refractivity contribution in [3.05, 3.63) is 0 Å². The van der Waals surface area contributed by atoms with Gasteiger partial charge < -0.3 is 5.11 Å². The molecule has 0 aromatic carbocycles. The zero-order chi connectivity index (χ0) is 9.53. The van der Waals surface area contributed by atoms with Gasteiger partial charge in [0.25, 0.3) is 0 Å². The molecule has 0 heterocycles. The lowest BCUT2D eigenvalue weighted by Gasteiger charge is -2.55. The Labute approximate surface area is 81.5 Å². The fourth-order valence-electron chi connectivity index (χ4n) is 3.65. The fraction of sp³-hybridized carbons (Fsp3) is 1.00. The van der Waals surface area contributed by atoms with Crippen molar-refractivity contribution in [3.8, 4) is 0 Å². The van der Waals surface area contributed by atoms with Crippen LogP contribution in [-0.2, 0) is 0 Å². The topological polar surface area (TPSA) is 20.2 Å². The quantitative estimate of drug-likeness (QED) is 0.610. The summed E-state index contributed by atoms with van der Waals surface area (Å²) < 4.78 is 0. The Morgan fingerprint density at radius 1 is 1.08 bits per heavy atom. The lowest BCUT2D eigenvalue weighted by atomic mass is 9.54. The van der Waals surface area contributed by atoms with Crippen LogP contribution in [0.2, 0.25) is 0 Å². The summed E-state index contributed by atoms with van der Waals surface area (Å²) in [6.45, 7) is 4.55. The summed E-state index contributed by atoms with van der Waals surface area (Å²) in [5, 5.41) is 10.7. The first kappa shape index (κ1) is 9.51. The lowest BCUT2D eigenvalue weighted by Crippen LogP contribution is -2.55. The van der Waals surface area contributed by atoms with Crippen molar-refractivity contribution in [2.45, 2.75) is 64.4 Å². The number of fused-ring (bicyclic) bond motifs is 1. The van der Waals surface area contributed by atoms with Crippen LogP contribution in [0.3, 0.4) is 0 Å². The van der Waals surface area contributed by atoms with Gasteiger partial charge in [-0.1, -0.05) is 33.1 Å². The van der Waals surface area contributed by atoms with Crippen LogP contribution in [0.1, 0.15) is 58.8 Å². The standard InChI is InChI=1S/C12H22O/c1-10-6-5-8-11(2)7-3-4-9-12(10,11)13/h10,13H,3-9H2,1-2H3/t10-,11+,12+/m0/s1. The molecule has 0 radical (unpaired) electrons. The molecule has 76 valence electrons. The van der Waals surface area contributed by atoms with Gasteiger partial charge in [0.2, 0.25) is 0 Å². The summed E-state index contributed by atoms with van der Waals surface area (Å²) in [5.41, 5.74) is -0.0909. The van der Waals surface area contributed by atoms with Crippen molar-refractivity contribution in [1.82, 2.24) is 0 Å². The lowest BCUT2D eigenvalue weighted by molar-refractivity contribution is -0.164. The van der Waals surface area contributed by atoms with E-state index in [2.05, 4.69) is 13.8 Å². The molecule has 0 saturated heterocycles. The second kappa shape index (κ2) is 2.98. The molecule has 0 bridgehead atoms. The van der Waals surface area contributed by atoms with E-state index in [0.717, 1.165) is 6.42 Å². The van der Waals surface area contributed by atoms with E-state index in [4.69, 9.17) is 0 Å². The smallest absolute Gasteiger partial charge is 0.0726 e. The Hall–Kier alpha value is -0.0400. The molecule has 0 aromatic rings. The normalized spacial score (nSPS) is 51.5. The Morgan fingerprint density at radius 3 is 2.38 bits per heavy atom. The van der Waals surface area contributed by atoms with Crippen LogP contribution in [-0.4, -0.2) is 10.7 Å². The van der Waals surface area contributed by atoms with E-state index in [1.54, 1.807) is 0 Å². The fourth-order valence-corrected chi connectivity index (χ4v) is 3.65. The highest BCUT2D eigenvalue weighted by Crippen LogP contribution is 2.55. The van der Waals surface area contributed by atoms with Gasteiger partial charge in [0.1, 0.15) is 0 Å². The zero-order valence-corrected chi connectivity index (χ0v) is 8.97. The van der Waals surface area contributed by atoms with Gasteiger partial charge in [-0.25, -0.2) is 0 Å². The van der Waals surface area contributed by atoms with Crippen molar-refractivity contribution in [2.75, 3.05) is 0 Å². The van der Waals surface area contributed by atoms with Crippen LogP contribution in [0.25, 0.3) is 0 Å². The Bertz CT molecular complexity index is 197. The van der Waals surface area contributed by atoms with Crippen molar-refractivity contribution in [2.24, 2.45) is 11.3 Å². The van der Waals surface area contributed by atoms with Gasteiger partial charge in [0.15, 0.2) is 0 Å². The highest BCUT2D eigenvalue weighted by Gasteiger charge is 2.52. The minimum atomic E-state index is -0.330. The molecular weight excluding hydrogens is 160 g/mol. The number of hydrogen-bond donors (Lipinski definition) is 1. The third-order valence-corrected chi connectivity index (χ3v) is 4.76. The van der Waals surface area contributed by atoms with Crippen LogP contribution in [0.5, 0.6) is 0 Å². The van der Waals surface area contributed by atoms with Gasteiger partial charge >= 0.3 is 0 Å². The molecule has 2 aliphatic rings. The molecule has 2 rings (SSSR count). The molecule has 2 saturated carbocycles. The first-order valence-electron chi connectivity index (χ1n) is 5.81. The predicted molar refractivity (Wildman–Crippen MR) is 54.5 cm³/mol. The van der Waals surface area contributed by atoms with E-state index in [1.807, 2.05) is 0 Å². The third kappa shape index (κ3) is 1.24. The molecule has 0 spiro atoms. The molecule has 13 heavy (non-hydrogen) atoms. The van der Waals surface area contributed by atoms with Gasteiger partial charge in [0.05, 0.1) is 5.60 Å². The SMILES string of the molecule is C[C@H]1CCC[C@@]2(C)CCCC[C@@]12O. The van der Waals surface area contributed by atoms with Gasteiger partial charge in [-0.05, 0) is 37.0 Å². The average Bonchev–Trinajstić information content (AvgIpc) is 2.09. The van der Waals surface area contributed by atoms with Crippen LogP contribution < -0.4 is 0 Å². The zero-order valence-electron chi connectivity index (χ0n) is 8.97. The van der Waals surface area contributed by atoms with Gasteiger partial charge in [-0.15, -0.1) is 0 Å². The minimum absolute atomic E-state index is 0.239. The number of rotatable bonds is 0. The molecular formula is C12H22O. The molecule has 1 heteroatoms. The molecule has 2 fully saturated rings. The van der Waals surface area contributed by atoms with Crippen molar-refractivity contribution in [3.63, 3.8) is 0 Å². The summed E-state index contributed by atoms with van der Waals surface area (Å²) in [5.74, 6) is 0.520. The highest BCUT2D eigenvalue weighted by molar-refractivity contribution is 5.04. The second-order valence-corrected chi connectivity index (χ2v) is 5.49. The van der Waals surface area contributed by atoms with Gasteiger partial charge in [-0.2, -0.15) is 0 Å². The average molecular weight is 182 g/mol. The first-order valence-corrected chi connectivity index (χ1v) is 5.81. The van der Waals surface area contributed by atoms with Crippen LogP contribution in [0, 0.1) is 11.3 Å². The van der Waals surface area contributed by atoms with Gasteiger partial charge in [0, 0.05) is 0 Å². The summed E-state index contributed by atoms with van der Waals surface area (Å²) in [6.07, 6.45) is 8.64. The summed E-state index contributed by atoms with van der Waals surface area (Å²) >= 11 is 0. The minimum Gasteiger partial charge on any atom is -0.389 e. The van der Waals surface area contributed by atoms with Crippen LogP contribution in [0.15, 0.2) is 0 Å². The van der Waals surface area contributed by atoms with E-state index in [9.17, 15) is 5.11 Å². The van der Waals surface area contributed by atoms with Crippen LogP contribution >= 0.6 is 0 Å². The second-order valence-electron chi connectivity index (χ2n) is 5.49. The maximum absolute atomic E-state index is 10.7. The van der Waals surface area contributed by atoms with E-state index in [0.29, 0.717) is 5.92 Å². The first-order chi connectivity index (χ1) is 6.08. The molecule has 0 aliphatic heterocycles. The Balaban J connectivity index is 2.27. The van der Waals surface area contributed by atoms with E-state index in [1.165, 1.54) is 38.5 Å². The summed E-state index contributed by atoms with van der Waals surface area (Å²) in [7, 11) is 0.